The predicted octanol–water partition coefficient (Wildman–Crippen LogP) is 3.71. The van der Waals surface area contributed by atoms with Crippen molar-refractivity contribution in [1.29, 1.82) is 0 Å². The molecule has 0 spiro atoms. The fourth-order valence-corrected chi connectivity index (χ4v) is 4.90. The van der Waals surface area contributed by atoms with Gasteiger partial charge < -0.3 is 10.1 Å². The summed E-state index contributed by atoms with van der Waals surface area (Å²) in [6, 6.07) is 12.1. The van der Waals surface area contributed by atoms with Crippen LogP contribution in [0.25, 0.3) is 0 Å². The fraction of sp³-hybridized carbons (Fsp3) is 0.350. The molecule has 156 valence electrons. The van der Waals surface area contributed by atoms with Gasteiger partial charge in [0.2, 0.25) is 10.0 Å². The molecule has 1 saturated heterocycles. The largest absolute Gasteiger partial charge is 0.434 e. The molecule has 0 aliphatic carbocycles. The molecular formula is C20H22F2N2O4S. The fourth-order valence-electron chi connectivity index (χ4n) is 3.34. The lowest BCUT2D eigenvalue weighted by Crippen LogP contribution is -2.29. The summed E-state index contributed by atoms with van der Waals surface area (Å²) in [4.78, 5) is 12.8. The Hall–Kier alpha value is -2.68. The predicted molar refractivity (Wildman–Crippen MR) is 106 cm³/mol. The number of nitrogens with zero attached hydrogens (tertiary/aromatic N) is 1. The van der Waals surface area contributed by atoms with Crippen LogP contribution in [-0.4, -0.2) is 33.2 Å². The van der Waals surface area contributed by atoms with Crippen LogP contribution < -0.4 is 14.4 Å². The highest BCUT2D eigenvalue weighted by Crippen LogP contribution is 2.29. The molecule has 0 radical (unpaired) electrons. The molecule has 6 nitrogen and oxygen atoms in total. The first-order valence-corrected chi connectivity index (χ1v) is 10.9. The zero-order chi connectivity index (χ0) is 21.0. The van der Waals surface area contributed by atoms with Crippen LogP contribution in [0.1, 0.15) is 41.7 Å². The van der Waals surface area contributed by atoms with Crippen LogP contribution in [0.2, 0.25) is 0 Å². The Morgan fingerprint density at radius 1 is 1.21 bits per heavy atom. The number of para-hydroxylation sites is 1. The van der Waals surface area contributed by atoms with Crippen molar-refractivity contribution in [2.24, 2.45) is 0 Å². The molecule has 1 amide bonds. The van der Waals surface area contributed by atoms with Gasteiger partial charge in [-0.1, -0.05) is 31.2 Å². The highest BCUT2D eigenvalue weighted by molar-refractivity contribution is 7.93. The van der Waals surface area contributed by atoms with E-state index in [0.29, 0.717) is 30.6 Å². The van der Waals surface area contributed by atoms with Gasteiger partial charge in [-0.3, -0.25) is 9.10 Å². The maximum atomic E-state index is 12.8. The third-order valence-corrected chi connectivity index (χ3v) is 6.59. The topological polar surface area (TPSA) is 75.7 Å². The number of halogens is 2. The van der Waals surface area contributed by atoms with Gasteiger partial charge in [0.25, 0.3) is 5.91 Å². The van der Waals surface area contributed by atoms with Crippen molar-refractivity contribution in [2.45, 2.75) is 32.4 Å². The number of nitrogens with one attached hydrogen (secondary N) is 1. The third-order valence-electron chi connectivity index (χ3n) is 4.72. The minimum Gasteiger partial charge on any atom is -0.434 e. The molecule has 2 aromatic carbocycles. The zero-order valence-corrected chi connectivity index (χ0v) is 16.7. The monoisotopic (exact) mass is 424 g/mol. The molecule has 0 saturated carbocycles. The van der Waals surface area contributed by atoms with Crippen molar-refractivity contribution in [3.63, 3.8) is 0 Å². The van der Waals surface area contributed by atoms with Gasteiger partial charge in [-0.25, -0.2) is 8.42 Å². The molecule has 1 heterocycles. The normalized spacial score (nSPS) is 16.6. The van der Waals surface area contributed by atoms with Crippen LogP contribution in [0.3, 0.4) is 0 Å². The summed E-state index contributed by atoms with van der Waals surface area (Å²) in [6.45, 7) is -0.774. The van der Waals surface area contributed by atoms with Gasteiger partial charge in [0, 0.05) is 17.7 Å². The SMILES string of the molecule is CCC(NC(=O)c1cccc(N2CCCS2(=O)=O)c1)c1ccccc1OC(F)F. The van der Waals surface area contributed by atoms with E-state index in [1.807, 2.05) is 6.92 Å². The number of hydrogen-bond donors (Lipinski definition) is 1. The Kier molecular flexibility index (Phi) is 6.36. The molecule has 1 atom stereocenters. The number of hydrogen-bond acceptors (Lipinski definition) is 4. The van der Waals surface area contributed by atoms with Crippen molar-refractivity contribution in [2.75, 3.05) is 16.6 Å². The van der Waals surface area contributed by atoms with Gasteiger partial charge in [-0.2, -0.15) is 8.78 Å². The number of anilines is 1. The van der Waals surface area contributed by atoms with Crippen molar-refractivity contribution in [3.05, 3.63) is 59.7 Å². The number of carbonyl (C=O) groups is 1. The minimum atomic E-state index is -3.36. The lowest BCUT2D eigenvalue weighted by molar-refractivity contribution is -0.0506. The summed E-state index contributed by atoms with van der Waals surface area (Å²) in [5.41, 5.74) is 1.17. The zero-order valence-electron chi connectivity index (χ0n) is 15.8. The Bertz CT molecular complexity index is 982. The molecule has 2 aromatic rings. The second kappa shape index (κ2) is 8.77. The molecule has 1 fully saturated rings. The Labute approximate surface area is 168 Å². The Morgan fingerprint density at radius 3 is 2.62 bits per heavy atom. The van der Waals surface area contributed by atoms with E-state index in [2.05, 4.69) is 10.1 Å². The Balaban J connectivity index is 1.82. The molecule has 0 bridgehead atoms. The molecule has 1 N–H and O–H groups in total. The first-order chi connectivity index (χ1) is 13.8. The summed E-state index contributed by atoms with van der Waals surface area (Å²) in [7, 11) is -3.36. The molecule has 29 heavy (non-hydrogen) atoms. The van der Waals surface area contributed by atoms with Gasteiger partial charge in [-0.15, -0.1) is 0 Å². The summed E-state index contributed by atoms with van der Waals surface area (Å²) in [5.74, 6) is -0.337. The second-order valence-corrected chi connectivity index (χ2v) is 8.66. The van der Waals surface area contributed by atoms with Crippen molar-refractivity contribution < 1.29 is 26.7 Å². The number of rotatable bonds is 7. The standard InChI is InChI=1S/C20H22F2N2O4S/c1-2-17(16-9-3-4-10-18(16)28-20(21)22)23-19(25)14-7-5-8-15(13-14)24-11-6-12-29(24,26)27/h3-5,7-10,13,17,20H,2,6,11-12H2,1H3,(H,23,25). The van der Waals surface area contributed by atoms with E-state index in [4.69, 9.17) is 0 Å². The van der Waals surface area contributed by atoms with Crippen molar-refractivity contribution in [3.8, 4) is 5.75 Å². The van der Waals surface area contributed by atoms with Crippen LogP contribution in [0.5, 0.6) is 5.75 Å². The maximum Gasteiger partial charge on any atom is 0.387 e. The highest BCUT2D eigenvalue weighted by Gasteiger charge is 2.29. The van der Waals surface area contributed by atoms with E-state index < -0.39 is 28.6 Å². The van der Waals surface area contributed by atoms with Crippen LogP contribution in [0.4, 0.5) is 14.5 Å². The summed E-state index contributed by atoms with van der Waals surface area (Å²) in [6.07, 6.45) is 0.993. The number of ether oxygens (including phenoxy) is 1. The van der Waals surface area contributed by atoms with Gasteiger partial charge in [0.1, 0.15) is 5.75 Å². The summed E-state index contributed by atoms with van der Waals surface area (Å²) in [5, 5.41) is 2.82. The quantitative estimate of drug-likeness (QED) is 0.735. The van der Waals surface area contributed by atoms with E-state index in [9.17, 15) is 22.0 Å². The van der Waals surface area contributed by atoms with E-state index >= 15 is 0 Å². The molecule has 3 rings (SSSR count). The highest BCUT2D eigenvalue weighted by atomic mass is 32.2. The Morgan fingerprint density at radius 2 is 1.97 bits per heavy atom. The smallest absolute Gasteiger partial charge is 0.387 e. The lowest BCUT2D eigenvalue weighted by Gasteiger charge is -2.21. The molecule has 1 aliphatic heterocycles. The van der Waals surface area contributed by atoms with Crippen LogP contribution in [0.15, 0.2) is 48.5 Å². The molecule has 1 aliphatic rings. The van der Waals surface area contributed by atoms with E-state index in [0.717, 1.165) is 0 Å². The molecule has 0 aromatic heterocycles. The molecule has 1 unspecified atom stereocenters. The van der Waals surface area contributed by atoms with E-state index in [1.54, 1.807) is 36.4 Å². The van der Waals surface area contributed by atoms with Crippen LogP contribution >= 0.6 is 0 Å². The van der Waals surface area contributed by atoms with E-state index in [1.165, 1.54) is 16.4 Å². The van der Waals surface area contributed by atoms with Crippen LogP contribution in [0, 0.1) is 0 Å². The maximum absolute atomic E-state index is 12.8. The number of amides is 1. The van der Waals surface area contributed by atoms with Gasteiger partial charge >= 0.3 is 6.61 Å². The number of sulfonamides is 1. The second-order valence-electron chi connectivity index (χ2n) is 6.64. The lowest BCUT2D eigenvalue weighted by atomic mass is 10.0. The first kappa shape index (κ1) is 21.0. The number of carbonyl (C=O) groups excluding carboxylic acids is 1. The first-order valence-electron chi connectivity index (χ1n) is 9.27. The van der Waals surface area contributed by atoms with Gasteiger partial charge in [-0.05, 0) is 37.1 Å². The van der Waals surface area contributed by atoms with Crippen molar-refractivity contribution >= 4 is 21.6 Å². The average molecular weight is 424 g/mol. The summed E-state index contributed by atoms with van der Waals surface area (Å²) >= 11 is 0. The van der Waals surface area contributed by atoms with Crippen LogP contribution in [-0.2, 0) is 10.0 Å². The number of alkyl halides is 2. The number of benzene rings is 2. The molecular weight excluding hydrogens is 402 g/mol. The minimum absolute atomic E-state index is 0.00607. The average Bonchev–Trinajstić information content (AvgIpc) is 3.05. The third kappa shape index (κ3) is 4.84. The van der Waals surface area contributed by atoms with Crippen molar-refractivity contribution in [1.82, 2.24) is 5.32 Å². The van der Waals surface area contributed by atoms with Gasteiger partial charge in [0.15, 0.2) is 0 Å². The molecule has 9 heteroatoms. The van der Waals surface area contributed by atoms with Gasteiger partial charge in [0.05, 0.1) is 17.5 Å². The van der Waals surface area contributed by atoms with E-state index in [-0.39, 0.29) is 17.1 Å². The summed E-state index contributed by atoms with van der Waals surface area (Å²) < 4.78 is 55.5.